The first-order chi connectivity index (χ1) is 14.4. The van der Waals surface area contributed by atoms with Crippen molar-refractivity contribution in [2.45, 2.75) is 38.8 Å². The second-order valence-corrected chi connectivity index (χ2v) is 9.27. The predicted octanol–water partition coefficient (Wildman–Crippen LogP) is 4.34. The minimum absolute atomic E-state index is 0.0767. The van der Waals surface area contributed by atoms with E-state index in [1.807, 2.05) is 29.7 Å². The van der Waals surface area contributed by atoms with Crippen LogP contribution in [-0.4, -0.2) is 46.2 Å². The standard InChI is InChI=1S/C22H25Cl2N5O/c1-13-17(15-4-3-5-16(23)18(15)24)20-26-8-11-29(20)21(27-13)28-9-6-22(7-10-28)12-30-14(2)19(22)25/h3-5,8,11,14,19H,6-7,9-10,12,25H2,1-2H3/t14-,19+/m0/s1. The molecule has 0 saturated carbocycles. The summed E-state index contributed by atoms with van der Waals surface area (Å²) in [6, 6.07) is 5.73. The molecule has 1 spiro atoms. The summed E-state index contributed by atoms with van der Waals surface area (Å²) in [5.41, 5.74) is 10.0. The second-order valence-electron chi connectivity index (χ2n) is 8.49. The van der Waals surface area contributed by atoms with E-state index in [-0.39, 0.29) is 17.6 Å². The molecule has 158 valence electrons. The van der Waals surface area contributed by atoms with Gasteiger partial charge in [-0.2, -0.15) is 0 Å². The van der Waals surface area contributed by atoms with Crippen LogP contribution in [0.3, 0.4) is 0 Å². The number of hydrogen-bond donors (Lipinski definition) is 1. The van der Waals surface area contributed by atoms with Gasteiger partial charge in [0, 0.05) is 48.1 Å². The average molecular weight is 446 g/mol. The zero-order valence-corrected chi connectivity index (χ0v) is 18.6. The molecular weight excluding hydrogens is 421 g/mol. The smallest absolute Gasteiger partial charge is 0.211 e. The number of benzene rings is 1. The molecule has 0 unspecified atom stereocenters. The molecule has 2 fully saturated rings. The van der Waals surface area contributed by atoms with Gasteiger partial charge >= 0.3 is 0 Å². The summed E-state index contributed by atoms with van der Waals surface area (Å²) in [5, 5.41) is 1.04. The van der Waals surface area contributed by atoms with Gasteiger partial charge in [-0.3, -0.25) is 4.40 Å². The Morgan fingerprint density at radius 2 is 2.00 bits per heavy atom. The number of hydrogen-bond acceptors (Lipinski definition) is 5. The lowest BCUT2D eigenvalue weighted by molar-refractivity contribution is 0.0973. The number of piperidine rings is 1. The first-order valence-electron chi connectivity index (χ1n) is 10.3. The maximum atomic E-state index is 6.52. The van der Waals surface area contributed by atoms with Crippen LogP contribution in [0.5, 0.6) is 0 Å². The summed E-state index contributed by atoms with van der Waals surface area (Å²) < 4.78 is 7.91. The highest BCUT2D eigenvalue weighted by Gasteiger charge is 2.47. The first-order valence-corrected chi connectivity index (χ1v) is 11.1. The quantitative estimate of drug-likeness (QED) is 0.634. The molecule has 2 atom stereocenters. The third-order valence-corrected chi connectivity index (χ3v) is 7.64. The van der Waals surface area contributed by atoms with Gasteiger partial charge in [-0.1, -0.05) is 35.3 Å². The number of aryl methyl sites for hydroxylation is 1. The Kier molecular flexibility index (Phi) is 4.93. The first kappa shape index (κ1) is 20.1. The van der Waals surface area contributed by atoms with Crippen molar-refractivity contribution in [3.8, 4) is 11.1 Å². The van der Waals surface area contributed by atoms with Crippen molar-refractivity contribution >= 4 is 34.8 Å². The summed E-state index contributed by atoms with van der Waals surface area (Å²) in [7, 11) is 0. The lowest BCUT2D eigenvalue weighted by Gasteiger charge is -2.41. The SMILES string of the molecule is Cc1nc(N2CCC3(CC2)CO[C@@H](C)[C@H]3N)n2ccnc2c1-c1cccc(Cl)c1Cl. The van der Waals surface area contributed by atoms with Gasteiger partial charge in [0.25, 0.3) is 0 Å². The summed E-state index contributed by atoms with van der Waals surface area (Å²) in [6.07, 6.45) is 5.87. The van der Waals surface area contributed by atoms with Crippen LogP contribution < -0.4 is 10.6 Å². The molecule has 2 aromatic heterocycles. The molecule has 2 N–H and O–H groups in total. The van der Waals surface area contributed by atoms with Crippen LogP contribution in [0.4, 0.5) is 5.95 Å². The van der Waals surface area contributed by atoms with Crippen molar-refractivity contribution in [3.05, 3.63) is 46.3 Å². The van der Waals surface area contributed by atoms with E-state index in [1.165, 1.54) is 0 Å². The van der Waals surface area contributed by atoms with Crippen LogP contribution in [0.15, 0.2) is 30.6 Å². The molecule has 8 heteroatoms. The van der Waals surface area contributed by atoms with Crippen molar-refractivity contribution < 1.29 is 4.74 Å². The number of nitrogens with zero attached hydrogens (tertiary/aromatic N) is 4. The second kappa shape index (κ2) is 7.38. The van der Waals surface area contributed by atoms with Crippen LogP contribution in [0.25, 0.3) is 16.8 Å². The number of nitrogens with two attached hydrogens (primary N) is 1. The Morgan fingerprint density at radius 1 is 1.23 bits per heavy atom. The molecule has 0 amide bonds. The van der Waals surface area contributed by atoms with Crippen molar-refractivity contribution in [2.24, 2.45) is 11.1 Å². The summed E-state index contributed by atoms with van der Waals surface area (Å²) in [4.78, 5) is 11.9. The van der Waals surface area contributed by atoms with E-state index in [9.17, 15) is 0 Å². The van der Waals surface area contributed by atoms with Crippen molar-refractivity contribution in [2.75, 3.05) is 24.6 Å². The van der Waals surface area contributed by atoms with Gasteiger partial charge < -0.3 is 15.4 Å². The number of imidazole rings is 1. The van der Waals surface area contributed by atoms with Gasteiger partial charge in [0.2, 0.25) is 5.95 Å². The highest BCUT2D eigenvalue weighted by molar-refractivity contribution is 6.43. The Bertz CT molecular complexity index is 1110. The van der Waals surface area contributed by atoms with E-state index < -0.39 is 0 Å². The monoisotopic (exact) mass is 445 g/mol. The van der Waals surface area contributed by atoms with Gasteiger partial charge in [0.1, 0.15) is 5.65 Å². The zero-order chi connectivity index (χ0) is 21.0. The molecule has 0 aliphatic carbocycles. The lowest BCUT2D eigenvalue weighted by Crippen LogP contribution is -2.51. The molecule has 2 aliphatic heterocycles. The lowest BCUT2D eigenvalue weighted by atomic mass is 9.73. The minimum Gasteiger partial charge on any atom is -0.376 e. The zero-order valence-electron chi connectivity index (χ0n) is 17.1. The van der Waals surface area contributed by atoms with E-state index >= 15 is 0 Å². The summed E-state index contributed by atoms with van der Waals surface area (Å²) >= 11 is 12.8. The van der Waals surface area contributed by atoms with Crippen molar-refractivity contribution in [1.82, 2.24) is 14.4 Å². The molecular formula is C22H25Cl2N5O. The molecule has 0 radical (unpaired) electrons. The minimum atomic E-state index is 0.0767. The normalized spacial score (nSPS) is 23.6. The van der Waals surface area contributed by atoms with Gasteiger partial charge in [-0.25, -0.2) is 9.97 Å². The van der Waals surface area contributed by atoms with Crippen molar-refractivity contribution in [1.29, 1.82) is 0 Å². The Hall–Kier alpha value is -1.86. The van der Waals surface area contributed by atoms with E-state index in [4.69, 9.17) is 38.7 Å². The molecule has 0 bridgehead atoms. The molecule has 5 rings (SSSR count). The highest BCUT2D eigenvalue weighted by Crippen LogP contribution is 2.42. The number of aromatic nitrogens is 3. The third kappa shape index (κ3) is 3.01. The van der Waals surface area contributed by atoms with Crippen LogP contribution in [0.2, 0.25) is 10.0 Å². The van der Waals surface area contributed by atoms with Crippen LogP contribution in [0.1, 0.15) is 25.5 Å². The number of anilines is 1. The highest BCUT2D eigenvalue weighted by atomic mass is 35.5. The summed E-state index contributed by atoms with van der Waals surface area (Å²) in [6.45, 7) is 6.61. The van der Waals surface area contributed by atoms with Gasteiger partial charge in [0.05, 0.1) is 28.5 Å². The van der Waals surface area contributed by atoms with E-state index in [1.54, 1.807) is 12.3 Å². The van der Waals surface area contributed by atoms with Crippen molar-refractivity contribution in [3.63, 3.8) is 0 Å². The number of halogens is 2. The fraction of sp³-hybridized carbons (Fsp3) is 0.455. The van der Waals surface area contributed by atoms with Crippen LogP contribution in [0, 0.1) is 12.3 Å². The predicted molar refractivity (Wildman–Crippen MR) is 120 cm³/mol. The van der Waals surface area contributed by atoms with Gasteiger partial charge in [0.15, 0.2) is 0 Å². The number of rotatable bonds is 2. The molecule has 6 nitrogen and oxygen atoms in total. The maximum absolute atomic E-state index is 6.52. The van der Waals surface area contributed by atoms with E-state index in [0.717, 1.165) is 61.0 Å². The fourth-order valence-electron chi connectivity index (χ4n) is 4.93. The Morgan fingerprint density at radius 3 is 2.70 bits per heavy atom. The largest absolute Gasteiger partial charge is 0.376 e. The number of ether oxygens (including phenoxy) is 1. The molecule has 2 aliphatic rings. The van der Waals surface area contributed by atoms with Gasteiger partial charge in [-0.05, 0) is 32.8 Å². The van der Waals surface area contributed by atoms with E-state index in [0.29, 0.717) is 10.0 Å². The Labute approximate surface area is 186 Å². The van der Waals surface area contributed by atoms with E-state index in [2.05, 4.69) is 16.8 Å². The number of fused-ring (bicyclic) bond motifs is 1. The van der Waals surface area contributed by atoms with Gasteiger partial charge in [-0.15, -0.1) is 0 Å². The molecule has 3 aromatic rings. The third-order valence-electron chi connectivity index (χ3n) is 6.82. The fourth-order valence-corrected chi connectivity index (χ4v) is 5.33. The molecule has 2 saturated heterocycles. The topological polar surface area (TPSA) is 68.7 Å². The molecule has 1 aromatic carbocycles. The average Bonchev–Trinajstić information content (AvgIpc) is 3.32. The van der Waals surface area contributed by atoms with Crippen LogP contribution >= 0.6 is 23.2 Å². The maximum Gasteiger partial charge on any atom is 0.211 e. The molecule has 30 heavy (non-hydrogen) atoms. The summed E-state index contributed by atoms with van der Waals surface area (Å²) in [5.74, 6) is 0.900. The Balaban J connectivity index is 1.52. The van der Waals surface area contributed by atoms with Crippen LogP contribution in [-0.2, 0) is 4.74 Å². The molecule has 4 heterocycles.